The van der Waals surface area contributed by atoms with Gasteiger partial charge in [-0.25, -0.2) is 4.98 Å². The summed E-state index contributed by atoms with van der Waals surface area (Å²) in [6, 6.07) is 0.00572. The molecule has 118 valence electrons. The average Bonchev–Trinajstić information content (AvgIpc) is 2.92. The molecule has 0 amide bonds. The summed E-state index contributed by atoms with van der Waals surface area (Å²) in [5.41, 5.74) is -0.505. The van der Waals surface area contributed by atoms with Gasteiger partial charge in [0, 0.05) is 23.5 Å². The molecule has 1 heterocycles. The van der Waals surface area contributed by atoms with E-state index in [1.807, 2.05) is 13.8 Å². The van der Waals surface area contributed by atoms with E-state index >= 15 is 0 Å². The number of hydrogen-bond acceptors (Lipinski definition) is 1. The van der Waals surface area contributed by atoms with Crippen LogP contribution in [0.15, 0.2) is 6.20 Å². The molecular weight excluding hydrogens is 313 g/mol. The molecular formula is C16H16ClF3N2. The summed E-state index contributed by atoms with van der Waals surface area (Å²) >= 11 is 6.24. The lowest BCUT2D eigenvalue weighted by Gasteiger charge is -3.11. The van der Waals surface area contributed by atoms with Crippen LogP contribution < -0.4 is 0 Å². The topological polar surface area (TPSA) is 17.8 Å². The van der Waals surface area contributed by atoms with Crippen LogP contribution in [0.2, 0.25) is 0 Å². The summed E-state index contributed by atoms with van der Waals surface area (Å²) in [6.45, 7) is 3.87. The molecule has 0 radical (unpaired) electrons. The molecule has 4 unspecified atom stereocenters. The van der Waals surface area contributed by atoms with Gasteiger partial charge in [-0.15, -0.1) is 11.6 Å². The Morgan fingerprint density at radius 1 is 1.27 bits per heavy atom. The van der Waals surface area contributed by atoms with Crippen LogP contribution in [0.4, 0.5) is 13.2 Å². The second kappa shape index (κ2) is 2.99. The average molecular weight is 329 g/mol. The Balaban J connectivity index is 1.49. The fraction of sp³-hybridized carbons (Fsp3) is 0.812. The van der Waals surface area contributed by atoms with Crippen LogP contribution in [0.5, 0.6) is 0 Å². The standard InChI is InChI=1S/C16H16ClF3N2/c1-5(2)22-3-6(16(18,19)20)21-13(22)15-10-7-9-8(10)12(15)14(9,4-17)11(7)15/h3,5,7-12H,4H2,1-2H3. The number of aromatic nitrogens is 2. The zero-order chi connectivity index (χ0) is 15.4. The number of imidazole rings is 1. The summed E-state index contributed by atoms with van der Waals surface area (Å²) < 4.78 is 41.1. The third-order valence-electron chi connectivity index (χ3n) is 7.99. The van der Waals surface area contributed by atoms with Crippen molar-refractivity contribution in [3.8, 4) is 0 Å². The minimum Gasteiger partial charge on any atom is -0.331 e. The first-order chi connectivity index (χ1) is 10.3. The van der Waals surface area contributed by atoms with Gasteiger partial charge in [0.15, 0.2) is 5.69 Å². The lowest BCUT2D eigenvalue weighted by atomic mass is 8.92. The lowest BCUT2D eigenvalue weighted by Crippen LogP contribution is -3.11. The quantitative estimate of drug-likeness (QED) is 0.773. The Labute approximate surface area is 131 Å². The highest BCUT2D eigenvalue weighted by Gasteiger charge is 3.10. The fourth-order valence-corrected chi connectivity index (χ4v) is 8.32. The van der Waals surface area contributed by atoms with Crippen LogP contribution in [-0.2, 0) is 11.6 Å². The first-order valence-corrected chi connectivity index (χ1v) is 8.58. The smallest absolute Gasteiger partial charge is 0.331 e. The predicted molar refractivity (Wildman–Crippen MR) is 73.4 cm³/mol. The molecule has 0 spiro atoms. The summed E-state index contributed by atoms with van der Waals surface area (Å²) in [5, 5.41) is 0. The SMILES string of the molecule is CC(C)n1cc(C(F)(F)F)nc1C12C3C4C5C3C1C5(CCl)C42. The third-order valence-corrected chi connectivity index (χ3v) is 8.45. The van der Waals surface area contributed by atoms with Crippen LogP contribution >= 0.6 is 11.6 Å². The summed E-state index contributed by atoms with van der Waals surface area (Å²) in [5.74, 6) is 5.34. The number of hydrogen-bond donors (Lipinski definition) is 0. The second-order valence-corrected chi connectivity index (χ2v) is 8.56. The van der Waals surface area contributed by atoms with Gasteiger partial charge in [0.2, 0.25) is 0 Å². The molecule has 6 aliphatic carbocycles. The molecule has 0 bridgehead atoms. The van der Waals surface area contributed by atoms with E-state index in [2.05, 4.69) is 4.98 Å². The van der Waals surface area contributed by atoms with E-state index < -0.39 is 11.9 Å². The minimum atomic E-state index is -4.36. The highest BCUT2D eigenvalue weighted by Crippen LogP contribution is 3.09. The molecule has 0 aromatic carbocycles. The van der Waals surface area contributed by atoms with E-state index in [1.54, 1.807) is 4.57 Å². The largest absolute Gasteiger partial charge is 0.434 e. The Morgan fingerprint density at radius 3 is 2.41 bits per heavy atom. The van der Waals surface area contributed by atoms with E-state index in [-0.39, 0.29) is 16.9 Å². The van der Waals surface area contributed by atoms with Gasteiger partial charge in [-0.05, 0) is 54.8 Å². The molecule has 0 saturated heterocycles. The van der Waals surface area contributed by atoms with E-state index in [0.29, 0.717) is 29.5 Å². The van der Waals surface area contributed by atoms with Crippen molar-refractivity contribution in [3.63, 3.8) is 0 Å². The number of nitrogens with zero attached hydrogens (tertiary/aromatic N) is 2. The van der Waals surface area contributed by atoms with Crippen molar-refractivity contribution >= 4 is 11.6 Å². The monoisotopic (exact) mass is 328 g/mol. The molecule has 0 N–H and O–H groups in total. The molecule has 6 heteroatoms. The Kier molecular flexibility index (Phi) is 1.72. The highest BCUT2D eigenvalue weighted by atomic mass is 35.5. The number of halogens is 4. The Bertz CT molecular complexity index is 716. The van der Waals surface area contributed by atoms with Gasteiger partial charge in [-0.3, -0.25) is 0 Å². The molecule has 7 rings (SSSR count). The maximum atomic E-state index is 13.1. The van der Waals surface area contributed by atoms with Crippen molar-refractivity contribution in [1.82, 2.24) is 9.55 Å². The number of alkyl halides is 4. The first-order valence-electron chi connectivity index (χ1n) is 8.05. The molecule has 1 aromatic heterocycles. The minimum absolute atomic E-state index is 0.00572. The van der Waals surface area contributed by atoms with Crippen molar-refractivity contribution in [1.29, 1.82) is 0 Å². The molecule has 1 aromatic rings. The van der Waals surface area contributed by atoms with Crippen LogP contribution in [0, 0.1) is 40.9 Å². The van der Waals surface area contributed by atoms with Gasteiger partial charge in [0.1, 0.15) is 5.82 Å². The van der Waals surface area contributed by atoms with E-state index in [0.717, 1.165) is 17.8 Å². The zero-order valence-electron chi connectivity index (χ0n) is 12.2. The zero-order valence-corrected chi connectivity index (χ0v) is 13.0. The van der Waals surface area contributed by atoms with E-state index in [1.165, 1.54) is 6.20 Å². The molecule has 22 heavy (non-hydrogen) atoms. The fourth-order valence-electron chi connectivity index (χ4n) is 7.81. The van der Waals surface area contributed by atoms with Crippen LogP contribution in [0.25, 0.3) is 0 Å². The molecule has 0 aliphatic heterocycles. The predicted octanol–water partition coefficient (Wildman–Crippen LogP) is 3.71. The van der Waals surface area contributed by atoms with Gasteiger partial charge in [0.25, 0.3) is 0 Å². The normalized spacial score (nSPS) is 54.9. The lowest BCUT2D eigenvalue weighted by molar-refractivity contribution is -0.624. The summed E-state index contributed by atoms with van der Waals surface area (Å²) in [6.07, 6.45) is -3.15. The van der Waals surface area contributed by atoms with Crippen LogP contribution in [-0.4, -0.2) is 15.4 Å². The first kappa shape index (κ1) is 12.7. The number of rotatable bonds is 3. The molecule has 6 fully saturated rings. The Morgan fingerprint density at radius 2 is 1.91 bits per heavy atom. The summed E-state index contributed by atoms with van der Waals surface area (Å²) in [7, 11) is 0. The summed E-state index contributed by atoms with van der Waals surface area (Å²) in [4.78, 5) is 4.11. The van der Waals surface area contributed by atoms with Gasteiger partial charge < -0.3 is 4.57 Å². The second-order valence-electron chi connectivity index (χ2n) is 8.29. The highest BCUT2D eigenvalue weighted by molar-refractivity contribution is 6.19. The van der Waals surface area contributed by atoms with Crippen molar-refractivity contribution in [2.75, 3.05) is 5.88 Å². The maximum absolute atomic E-state index is 13.1. The van der Waals surface area contributed by atoms with Crippen LogP contribution in [0.1, 0.15) is 31.4 Å². The van der Waals surface area contributed by atoms with Gasteiger partial charge in [-0.2, -0.15) is 13.2 Å². The van der Waals surface area contributed by atoms with Crippen molar-refractivity contribution in [3.05, 3.63) is 17.7 Å². The Hall–Kier alpha value is -0.710. The van der Waals surface area contributed by atoms with Crippen LogP contribution in [0.3, 0.4) is 0 Å². The van der Waals surface area contributed by atoms with Gasteiger partial charge in [-0.1, -0.05) is 0 Å². The van der Waals surface area contributed by atoms with Gasteiger partial charge >= 0.3 is 6.18 Å². The maximum Gasteiger partial charge on any atom is 0.434 e. The molecule has 6 aliphatic rings. The molecule has 2 nitrogen and oxygen atoms in total. The van der Waals surface area contributed by atoms with E-state index in [4.69, 9.17) is 11.6 Å². The third kappa shape index (κ3) is 0.792. The molecule has 6 saturated carbocycles. The van der Waals surface area contributed by atoms with Crippen molar-refractivity contribution < 1.29 is 13.2 Å². The molecule has 4 atom stereocenters. The van der Waals surface area contributed by atoms with Gasteiger partial charge in [0.05, 0.1) is 0 Å². The van der Waals surface area contributed by atoms with Crippen molar-refractivity contribution in [2.24, 2.45) is 40.9 Å². The van der Waals surface area contributed by atoms with Crippen molar-refractivity contribution in [2.45, 2.75) is 31.5 Å². The van der Waals surface area contributed by atoms with E-state index in [9.17, 15) is 13.2 Å².